The van der Waals surface area contributed by atoms with Crippen molar-refractivity contribution in [1.29, 1.82) is 0 Å². The van der Waals surface area contributed by atoms with Crippen LogP contribution >= 0.6 is 0 Å². The van der Waals surface area contributed by atoms with Crippen LogP contribution in [0.1, 0.15) is 19.3 Å². The van der Waals surface area contributed by atoms with E-state index in [-0.39, 0.29) is 0 Å². The van der Waals surface area contributed by atoms with Gasteiger partial charge in [0.2, 0.25) is 0 Å². The van der Waals surface area contributed by atoms with E-state index in [0.717, 1.165) is 6.54 Å². The molecule has 0 amide bonds. The van der Waals surface area contributed by atoms with Crippen molar-refractivity contribution in [3.63, 3.8) is 0 Å². The molecule has 0 aliphatic heterocycles. The van der Waals surface area contributed by atoms with Gasteiger partial charge in [-0.3, -0.25) is 0 Å². The number of hydrogen-bond acceptors (Lipinski definition) is 1. The molecular formula is C9H15N. The zero-order valence-corrected chi connectivity index (χ0v) is 6.56. The fourth-order valence-electron chi connectivity index (χ4n) is 1.12. The number of rotatable bonds is 3. The smallest absolute Gasteiger partial charge is 0.00115 e. The molecule has 1 heteroatoms. The first-order valence-electron chi connectivity index (χ1n) is 3.93. The fraction of sp³-hybridized carbons (Fsp3) is 0.556. The van der Waals surface area contributed by atoms with Gasteiger partial charge in [-0.05, 0) is 32.9 Å². The van der Waals surface area contributed by atoms with Gasteiger partial charge in [0, 0.05) is 0 Å². The first-order valence-corrected chi connectivity index (χ1v) is 3.93. The van der Waals surface area contributed by atoms with Crippen molar-refractivity contribution in [2.75, 3.05) is 13.6 Å². The van der Waals surface area contributed by atoms with Crippen molar-refractivity contribution in [2.24, 2.45) is 0 Å². The van der Waals surface area contributed by atoms with Crippen molar-refractivity contribution in [2.45, 2.75) is 19.3 Å². The van der Waals surface area contributed by atoms with E-state index < -0.39 is 0 Å². The van der Waals surface area contributed by atoms with E-state index in [2.05, 4.69) is 23.5 Å². The minimum Gasteiger partial charge on any atom is -0.319 e. The lowest BCUT2D eigenvalue weighted by atomic mass is 10.0. The Morgan fingerprint density at radius 3 is 3.00 bits per heavy atom. The molecule has 1 nitrogen and oxygen atoms in total. The topological polar surface area (TPSA) is 12.0 Å². The van der Waals surface area contributed by atoms with E-state index in [0.29, 0.717) is 0 Å². The van der Waals surface area contributed by atoms with Gasteiger partial charge in [-0.25, -0.2) is 0 Å². The SMILES string of the molecule is CNCCC1=CCCC=C1. The van der Waals surface area contributed by atoms with Crippen LogP contribution < -0.4 is 5.32 Å². The molecule has 1 N–H and O–H groups in total. The Morgan fingerprint density at radius 1 is 1.50 bits per heavy atom. The predicted molar refractivity (Wildman–Crippen MR) is 45.0 cm³/mol. The van der Waals surface area contributed by atoms with E-state index in [4.69, 9.17) is 0 Å². The molecule has 0 unspecified atom stereocenters. The molecule has 1 rings (SSSR count). The van der Waals surface area contributed by atoms with Gasteiger partial charge in [-0.1, -0.05) is 23.8 Å². The Balaban J connectivity index is 2.26. The van der Waals surface area contributed by atoms with Gasteiger partial charge in [0.1, 0.15) is 0 Å². The third-order valence-electron chi connectivity index (χ3n) is 1.74. The normalized spacial score (nSPS) is 17.1. The Bertz CT molecular complexity index is 145. The molecule has 10 heavy (non-hydrogen) atoms. The molecule has 0 atom stereocenters. The van der Waals surface area contributed by atoms with E-state index in [1.54, 1.807) is 0 Å². The minimum absolute atomic E-state index is 1.09. The molecule has 0 aromatic heterocycles. The summed E-state index contributed by atoms with van der Waals surface area (Å²) in [6.45, 7) is 1.09. The molecule has 0 heterocycles. The molecule has 0 aromatic rings. The van der Waals surface area contributed by atoms with Crippen LogP contribution in [0.2, 0.25) is 0 Å². The first kappa shape index (κ1) is 7.55. The second-order valence-electron chi connectivity index (χ2n) is 2.61. The molecular weight excluding hydrogens is 122 g/mol. The Hall–Kier alpha value is -0.560. The molecule has 0 radical (unpaired) electrons. The summed E-state index contributed by atoms with van der Waals surface area (Å²) >= 11 is 0. The maximum Gasteiger partial charge on any atom is -0.00115 e. The first-order chi connectivity index (χ1) is 4.93. The average Bonchev–Trinajstić information content (AvgIpc) is 2.03. The van der Waals surface area contributed by atoms with Gasteiger partial charge in [-0.15, -0.1) is 0 Å². The molecule has 0 spiro atoms. The molecule has 1 aliphatic rings. The minimum atomic E-state index is 1.09. The van der Waals surface area contributed by atoms with Gasteiger partial charge < -0.3 is 5.32 Å². The zero-order chi connectivity index (χ0) is 7.23. The number of hydrogen-bond donors (Lipinski definition) is 1. The summed E-state index contributed by atoms with van der Waals surface area (Å²) in [7, 11) is 1.99. The summed E-state index contributed by atoms with van der Waals surface area (Å²) in [6, 6.07) is 0. The third-order valence-corrected chi connectivity index (χ3v) is 1.74. The maximum atomic E-state index is 3.14. The molecule has 0 fully saturated rings. The lowest BCUT2D eigenvalue weighted by molar-refractivity contribution is 0.786. The Morgan fingerprint density at radius 2 is 2.40 bits per heavy atom. The van der Waals surface area contributed by atoms with E-state index in [9.17, 15) is 0 Å². The van der Waals surface area contributed by atoms with Crippen LogP contribution in [-0.4, -0.2) is 13.6 Å². The van der Waals surface area contributed by atoms with E-state index in [1.165, 1.54) is 24.8 Å². The fourth-order valence-corrected chi connectivity index (χ4v) is 1.12. The lowest BCUT2D eigenvalue weighted by Crippen LogP contribution is -2.08. The summed E-state index contributed by atoms with van der Waals surface area (Å²) < 4.78 is 0. The third kappa shape index (κ3) is 2.36. The number of nitrogens with one attached hydrogen (secondary N) is 1. The quantitative estimate of drug-likeness (QED) is 0.626. The van der Waals surface area contributed by atoms with Crippen LogP contribution in [0.15, 0.2) is 23.8 Å². The van der Waals surface area contributed by atoms with Crippen LogP contribution in [0.5, 0.6) is 0 Å². The second-order valence-corrected chi connectivity index (χ2v) is 2.61. The predicted octanol–water partition coefficient (Wildman–Crippen LogP) is 1.87. The average molecular weight is 137 g/mol. The molecule has 0 bridgehead atoms. The highest BCUT2D eigenvalue weighted by atomic mass is 14.8. The van der Waals surface area contributed by atoms with Gasteiger partial charge in [-0.2, -0.15) is 0 Å². The largest absolute Gasteiger partial charge is 0.319 e. The molecule has 56 valence electrons. The molecule has 0 saturated heterocycles. The summed E-state index contributed by atoms with van der Waals surface area (Å²) in [5.41, 5.74) is 1.49. The standard InChI is InChI=1S/C9H15N/c1-10-8-7-9-5-3-2-4-6-9/h3,5-6,10H,2,4,7-8H2,1H3. The van der Waals surface area contributed by atoms with Crippen LogP contribution in [0.25, 0.3) is 0 Å². The summed E-state index contributed by atoms with van der Waals surface area (Å²) in [4.78, 5) is 0. The van der Waals surface area contributed by atoms with Crippen molar-refractivity contribution in [1.82, 2.24) is 5.32 Å². The van der Waals surface area contributed by atoms with Crippen molar-refractivity contribution in [3.8, 4) is 0 Å². The maximum absolute atomic E-state index is 3.14. The van der Waals surface area contributed by atoms with Crippen molar-refractivity contribution in [3.05, 3.63) is 23.8 Å². The highest BCUT2D eigenvalue weighted by molar-refractivity contribution is 5.21. The Kier molecular flexibility index (Phi) is 3.23. The molecule has 0 saturated carbocycles. The lowest BCUT2D eigenvalue weighted by Gasteiger charge is -2.05. The molecule has 0 aromatic carbocycles. The zero-order valence-electron chi connectivity index (χ0n) is 6.56. The highest BCUT2D eigenvalue weighted by Crippen LogP contribution is 2.11. The van der Waals surface area contributed by atoms with Gasteiger partial charge in [0.15, 0.2) is 0 Å². The van der Waals surface area contributed by atoms with Crippen LogP contribution in [0.4, 0.5) is 0 Å². The van der Waals surface area contributed by atoms with Crippen LogP contribution in [0.3, 0.4) is 0 Å². The summed E-state index contributed by atoms with van der Waals surface area (Å²) in [5, 5.41) is 3.14. The summed E-state index contributed by atoms with van der Waals surface area (Å²) in [5.74, 6) is 0. The monoisotopic (exact) mass is 137 g/mol. The molecule has 1 aliphatic carbocycles. The van der Waals surface area contributed by atoms with Crippen LogP contribution in [0, 0.1) is 0 Å². The van der Waals surface area contributed by atoms with Gasteiger partial charge in [0.25, 0.3) is 0 Å². The number of allylic oxidation sites excluding steroid dienone is 3. The van der Waals surface area contributed by atoms with Gasteiger partial charge in [0.05, 0.1) is 0 Å². The van der Waals surface area contributed by atoms with Crippen molar-refractivity contribution >= 4 is 0 Å². The Labute approximate surface area is 62.8 Å². The summed E-state index contributed by atoms with van der Waals surface area (Å²) in [6.07, 6.45) is 10.5. The van der Waals surface area contributed by atoms with Crippen molar-refractivity contribution < 1.29 is 0 Å². The van der Waals surface area contributed by atoms with Crippen LogP contribution in [-0.2, 0) is 0 Å². The highest BCUT2D eigenvalue weighted by Gasteiger charge is 1.94. The second kappa shape index (κ2) is 4.29. The van der Waals surface area contributed by atoms with E-state index in [1.807, 2.05) is 7.05 Å². The van der Waals surface area contributed by atoms with Gasteiger partial charge >= 0.3 is 0 Å². The van der Waals surface area contributed by atoms with E-state index >= 15 is 0 Å².